The highest BCUT2D eigenvalue weighted by Gasteiger charge is 2.35. The Bertz CT molecular complexity index is 1270. The molecule has 1 aliphatic heterocycles. The van der Waals surface area contributed by atoms with Gasteiger partial charge in [0.05, 0.1) is 30.1 Å². The second-order valence-corrected chi connectivity index (χ2v) is 7.16. The van der Waals surface area contributed by atoms with E-state index >= 15 is 0 Å². The first-order valence-electron chi connectivity index (χ1n) is 9.42. The van der Waals surface area contributed by atoms with Crippen molar-refractivity contribution in [3.63, 3.8) is 0 Å². The van der Waals surface area contributed by atoms with Gasteiger partial charge in [0.1, 0.15) is 28.7 Å². The summed E-state index contributed by atoms with van der Waals surface area (Å²) in [4.78, 5) is 13.4. The monoisotopic (exact) mass is 404 g/mol. The van der Waals surface area contributed by atoms with Gasteiger partial charge in [-0.25, -0.2) is 0 Å². The zero-order valence-electron chi connectivity index (χ0n) is 16.8. The van der Waals surface area contributed by atoms with Gasteiger partial charge in [0, 0.05) is 6.07 Å². The molecule has 30 heavy (non-hydrogen) atoms. The van der Waals surface area contributed by atoms with E-state index in [1.54, 1.807) is 30.3 Å². The molecule has 0 aliphatic carbocycles. The van der Waals surface area contributed by atoms with Crippen molar-refractivity contribution in [2.75, 3.05) is 7.11 Å². The van der Waals surface area contributed by atoms with Crippen LogP contribution in [0.3, 0.4) is 0 Å². The Hall–Kier alpha value is -3.92. The molecule has 2 N–H and O–H groups in total. The quantitative estimate of drug-likeness (QED) is 0.704. The molecule has 1 atom stereocenters. The van der Waals surface area contributed by atoms with Crippen LogP contribution >= 0.6 is 0 Å². The summed E-state index contributed by atoms with van der Waals surface area (Å²) in [6.07, 6.45) is -0.0257. The van der Waals surface area contributed by atoms with E-state index < -0.39 is 5.92 Å². The van der Waals surface area contributed by atoms with Crippen LogP contribution in [0.25, 0.3) is 11.0 Å². The summed E-state index contributed by atoms with van der Waals surface area (Å²) in [6, 6.07) is 14.2. The van der Waals surface area contributed by atoms with Crippen LogP contribution in [0, 0.1) is 11.3 Å². The van der Waals surface area contributed by atoms with Gasteiger partial charge in [-0.05, 0) is 43.7 Å². The van der Waals surface area contributed by atoms with Gasteiger partial charge >= 0.3 is 0 Å². The van der Waals surface area contributed by atoms with Gasteiger partial charge in [-0.1, -0.05) is 12.1 Å². The van der Waals surface area contributed by atoms with Gasteiger partial charge in [0.15, 0.2) is 0 Å². The number of nitrogens with zero attached hydrogens (tertiary/aromatic N) is 1. The van der Waals surface area contributed by atoms with Crippen LogP contribution in [0.4, 0.5) is 0 Å². The number of methoxy groups -OCH3 is 1. The number of nitrogens with two attached hydrogens (primary N) is 1. The molecule has 2 heterocycles. The third-order valence-corrected chi connectivity index (χ3v) is 4.83. The van der Waals surface area contributed by atoms with E-state index in [0.717, 1.165) is 0 Å². The lowest BCUT2D eigenvalue weighted by atomic mass is 9.84. The van der Waals surface area contributed by atoms with E-state index in [9.17, 15) is 10.1 Å². The van der Waals surface area contributed by atoms with Crippen LogP contribution in [0.2, 0.25) is 0 Å². The van der Waals surface area contributed by atoms with E-state index in [2.05, 4.69) is 6.07 Å². The Morgan fingerprint density at radius 1 is 1.17 bits per heavy atom. The van der Waals surface area contributed by atoms with E-state index in [0.29, 0.717) is 28.0 Å². The lowest BCUT2D eigenvalue weighted by molar-refractivity contribution is 0.242. The molecule has 1 aromatic heterocycles. The average molecular weight is 404 g/mol. The van der Waals surface area contributed by atoms with Crippen LogP contribution in [0.5, 0.6) is 17.4 Å². The average Bonchev–Trinajstić information content (AvgIpc) is 2.72. The Kier molecular flexibility index (Phi) is 4.84. The highest BCUT2D eigenvalue weighted by Crippen LogP contribution is 2.42. The summed E-state index contributed by atoms with van der Waals surface area (Å²) in [5.41, 5.74) is 7.07. The molecule has 0 radical (unpaired) electrons. The summed E-state index contributed by atoms with van der Waals surface area (Å²) in [5, 5.41) is 10.1. The van der Waals surface area contributed by atoms with Crippen LogP contribution in [0.1, 0.15) is 30.9 Å². The molecule has 0 amide bonds. The third kappa shape index (κ3) is 3.22. The molecule has 0 spiro atoms. The zero-order chi connectivity index (χ0) is 21.4. The van der Waals surface area contributed by atoms with Crippen molar-refractivity contribution >= 4 is 11.0 Å². The lowest BCUT2D eigenvalue weighted by Gasteiger charge is -2.25. The number of ether oxygens (including phenoxy) is 3. The van der Waals surface area contributed by atoms with Crippen LogP contribution in [-0.4, -0.2) is 13.2 Å². The molecule has 0 fully saturated rings. The van der Waals surface area contributed by atoms with Crippen molar-refractivity contribution in [3.05, 3.63) is 75.3 Å². The molecule has 152 valence electrons. The smallest absolute Gasteiger partial charge is 0.300 e. The fourth-order valence-corrected chi connectivity index (χ4v) is 3.55. The maximum absolute atomic E-state index is 13.4. The van der Waals surface area contributed by atoms with Crippen molar-refractivity contribution in [3.8, 4) is 23.5 Å². The fraction of sp³-hybridized carbons (Fsp3) is 0.217. The summed E-state index contributed by atoms with van der Waals surface area (Å²) >= 11 is 0. The van der Waals surface area contributed by atoms with E-state index in [1.807, 2.05) is 26.0 Å². The minimum absolute atomic E-state index is 0.0257. The predicted molar refractivity (Wildman–Crippen MR) is 111 cm³/mol. The van der Waals surface area contributed by atoms with Crippen LogP contribution < -0.4 is 25.4 Å². The first-order chi connectivity index (χ1) is 14.4. The maximum Gasteiger partial charge on any atom is 0.300 e. The molecule has 2 aromatic carbocycles. The predicted octanol–water partition coefficient (Wildman–Crippen LogP) is 3.81. The molecule has 7 heteroatoms. The van der Waals surface area contributed by atoms with Gasteiger partial charge in [-0.15, -0.1) is 0 Å². The van der Waals surface area contributed by atoms with Crippen LogP contribution in [0.15, 0.2) is 63.1 Å². The van der Waals surface area contributed by atoms with E-state index in [-0.39, 0.29) is 34.5 Å². The standard InChI is InChI=1S/C23H20N2O5/c1-12(2)28-15-6-4-5-13(9-15)19-17(11-24)22(25)30-23-20(19)21(26)16-8-7-14(27-3)10-18(16)29-23/h4-10,12,19H,25H2,1-3H3/t19-/m0/s1. The second kappa shape index (κ2) is 7.48. The molecule has 0 bridgehead atoms. The van der Waals surface area contributed by atoms with Crippen molar-refractivity contribution in [2.45, 2.75) is 25.9 Å². The lowest BCUT2D eigenvalue weighted by Crippen LogP contribution is -2.26. The summed E-state index contributed by atoms with van der Waals surface area (Å²) in [7, 11) is 1.52. The summed E-state index contributed by atoms with van der Waals surface area (Å²) in [5.74, 6) is 0.296. The number of allylic oxidation sites excluding steroid dienone is 1. The molecule has 0 unspecified atom stereocenters. The number of rotatable bonds is 4. The normalized spacial score (nSPS) is 15.5. The van der Waals surface area contributed by atoms with Crippen LogP contribution in [-0.2, 0) is 0 Å². The van der Waals surface area contributed by atoms with Crippen molar-refractivity contribution < 1.29 is 18.6 Å². The maximum atomic E-state index is 13.4. The van der Waals surface area contributed by atoms with Gasteiger partial charge in [-0.3, -0.25) is 4.79 Å². The van der Waals surface area contributed by atoms with Crippen molar-refractivity contribution in [1.29, 1.82) is 5.26 Å². The molecule has 0 saturated heterocycles. The molecule has 3 aromatic rings. The minimum Gasteiger partial charge on any atom is -0.497 e. The topological polar surface area (TPSA) is 108 Å². The fourth-order valence-electron chi connectivity index (χ4n) is 3.55. The van der Waals surface area contributed by atoms with Gasteiger partial charge in [0.25, 0.3) is 5.95 Å². The molecule has 0 saturated carbocycles. The molecule has 7 nitrogen and oxygen atoms in total. The summed E-state index contributed by atoms with van der Waals surface area (Å²) in [6.45, 7) is 3.84. The molecule has 4 rings (SSSR count). The number of benzene rings is 2. The van der Waals surface area contributed by atoms with Crippen molar-refractivity contribution in [1.82, 2.24) is 0 Å². The molecular weight excluding hydrogens is 384 g/mol. The number of fused-ring (bicyclic) bond motifs is 2. The minimum atomic E-state index is -0.739. The van der Waals surface area contributed by atoms with Gasteiger partial charge in [0.2, 0.25) is 11.3 Å². The van der Waals surface area contributed by atoms with E-state index in [1.165, 1.54) is 7.11 Å². The molecule has 1 aliphatic rings. The zero-order valence-corrected chi connectivity index (χ0v) is 16.8. The van der Waals surface area contributed by atoms with Crippen molar-refractivity contribution in [2.24, 2.45) is 5.73 Å². The number of hydrogen-bond acceptors (Lipinski definition) is 7. The first-order valence-corrected chi connectivity index (χ1v) is 9.42. The first kappa shape index (κ1) is 19.4. The third-order valence-electron chi connectivity index (χ3n) is 4.83. The second-order valence-electron chi connectivity index (χ2n) is 7.16. The Labute approximate surface area is 172 Å². The van der Waals surface area contributed by atoms with E-state index in [4.69, 9.17) is 24.4 Å². The molecular formula is C23H20N2O5. The Morgan fingerprint density at radius 3 is 2.67 bits per heavy atom. The number of hydrogen-bond donors (Lipinski definition) is 1. The Balaban J connectivity index is 1.97. The largest absolute Gasteiger partial charge is 0.497 e. The SMILES string of the molecule is COc1ccc2c(=O)c3c(oc2c1)OC(N)=C(C#N)[C@@H]3c1cccc(OC(C)C)c1. The Morgan fingerprint density at radius 2 is 1.97 bits per heavy atom. The van der Waals surface area contributed by atoms with Gasteiger partial charge in [-0.2, -0.15) is 5.26 Å². The highest BCUT2D eigenvalue weighted by molar-refractivity contribution is 5.80. The van der Waals surface area contributed by atoms with Gasteiger partial charge < -0.3 is 24.4 Å². The summed E-state index contributed by atoms with van der Waals surface area (Å²) < 4.78 is 22.4. The number of nitriles is 1. The highest BCUT2D eigenvalue weighted by atomic mass is 16.6.